The summed E-state index contributed by atoms with van der Waals surface area (Å²) in [6.45, 7) is 2.10. The highest BCUT2D eigenvalue weighted by atomic mass is 32.2. The van der Waals surface area contributed by atoms with Gasteiger partial charge in [-0.3, -0.25) is 10.1 Å². The molecule has 128 valence electrons. The number of benzene rings is 3. The second-order valence-electron chi connectivity index (χ2n) is 5.77. The van der Waals surface area contributed by atoms with Gasteiger partial charge in [0, 0.05) is 11.6 Å². The second-order valence-corrected chi connectivity index (χ2v) is 6.54. The molecule has 25 heavy (non-hydrogen) atoms. The van der Waals surface area contributed by atoms with Gasteiger partial charge in [-0.05, 0) is 29.7 Å². The van der Waals surface area contributed by atoms with Crippen LogP contribution in [0.15, 0.2) is 65.6 Å². The summed E-state index contributed by atoms with van der Waals surface area (Å²) in [5, 5.41) is 13.6. The number of fused-ring (bicyclic) bond motifs is 1. The van der Waals surface area contributed by atoms with Crippen LogP contribution in [0.1, 0.15) is 25.3 Å². The molecule has 0 N–H and O–H groups in total. The van der Waals surface area contributed by atoms with E-state index in [9.17, 15) is 10.1 Å². The number of rotatable bonds is 7. The predicted octanol–water partition coefficient (Wildman–Crippen LogP) is 6.18. The van der Waals surface area contributed by atoms with Crippen LogP contribution in [0.2, 0.25) is 0 Å². The monoisotopic (exact) mass is 353 g/mol. The minimum atomic E-state index is -0.381. The number of nitro benzene ring substituents is 1. The van der Waals surface area contributed by atoms with Crippen molar-refractivity contribution in [1.82, 2.24) is 0 Å². The summed E-state index contributed by atoms with van der Waals surface area (Å²) in [7, 11) is 0. The first-order chi connectivity index (χ1) is 12.2. The molecule has 3 rings (SSSR count). The molecule has 3 aromatic rings. The number of hydrogen-bond acceptors (Lipinski definition) is 4. The molecule has 0 radical (unpaired) electrons. The number of nitrogens with zero attached hydrogens (tertiary/aromatic N) is 1. The summed E-state index contributed by atoms with van der Waals surface area (Å²) < 4.78 is 5.90. The van der Waals surface area contributed by atoms with Gasteiger partial charge in [0.1, 0.15) is 0 Å². The van der Waals surface area contributed by atoms with Crippen molar-refractivity contribution in [2.24, 2.45) is 0 Å². The fourth-order valence-electron chi connectivity index (χ4n) is 2.73. The van der Waals surface area contributed by atoms with Crippen molar-refractivity contribution in [3.05, 3.63) is 76.3 Å². The zero-order chi connectivity index (χ0) is 17.6. The van der Waals surface area contributed by atoms with Crippen LogP contribution in [0, 0.1) is 10.1 Å². The maximum Gasteiger partial charge on any atom is 0.312 e. The van der Waals surface area contributed by atoms with Gasteiger partial charge in [0.2, 0.25) is 5.75 Å². The Balaban J connectivity index is 1.92. The van der Waals surface area contributed by atoms with Gasteiger partial charge < -0.3 is 4.18 Å². The van der Waals surface area contributed by atoms with Gasteiger partial charge in [-0.1, -0.05) is 61.9 Å². The summed E-state index contributed by atoms with van der Waals surface area (Å²) >= 11 is 1.18. The minimum Gasteiger partial charge on any atom is -0.413 e. The largest absolute Gasteiger partial charge is 0.413 e. The summed E-state index contributed by atoms with van der Waals surface area (Å²) in [6, 6.07) is 19.1. The highest BCUT2D eigenvalue weighted by molar-refractivity contribution is 7.95. The molecule has 0 aliphatic heterocycles. The number of aryl methyl sites for hydroxylation is 1. The normalized spacial score (nSPS) is 10.8. The van der Waals surface area contributed by atoms with Gasteiger partial charge in [-0.2, -0.15) is 0 Å². The molecular weight excluding hydrogens is 334 g/mol. The fraction of sp³-hybridized carbons (Fsp3) is 0.200. The Morgan fingerprint density at radius 3 is 2.60 bits per heavy atom. The number of nitro groups is 1. The third-order valence-electron chi connectivity index (χ3n) is 4.04. The molecule has 0 fully saturated rings. The van der Waals surface area contributed by atoms with E-state index < -0.39 is 0 Å². The molecule has 0 aliphatic carbocycles. The first-order valence-corrected chi connectivity index (χ1v) is 9.03. The lowest BCUT2D eigenvalue weighted by Crippen LogP contribution is -1.97. The fourth-order valence-corrected chi connectivity index (χ4v) is 3.51. The Kier molecular flexibility index (Phi) is 5.56. The summed E-state index contributed by atoms with van der Waals surface area (Å²) in [5.74, 6) is 0.360. The molecule has 0 atom stereocenters. The van der Waals surface area contributed by atoms with Gasteiger partial charge in [-0.15, -0.1) is 0 Å². The number of para-hydroxylation sites is 1. The van der Waals surface area contributed by atoms with Crippen LogP contribution in [-0.4, -0.2) is 4.92 Å². The van der Waals surface area contributed by atoms with Crippen LogP contribution in [0.25, 0.3) is 10.8 Å². The lowest BCUT2D eigenvalue weighted by atomic mass is 10.1. The average molecular weight is 353 g/mol. The van der Waals surface area contributed by atoms with Gasteiger partial charge in [-0.25, -0.2) is 0 Å². The van der Waals surface area contributed by atoms with Crippen molar-refractivity contribution in [2.45, 2.75) is 31.1 Å². The van der Waals surface area contributed by atoms with E-state index in [-0.39, 0.29) is 10.6 Å². The van der Waals surface area contributed by atoms with Crippen LogP contribution >= 0.6 is 12.0 Å². The molecule has 5 heteroatoms. The molecule has 0 heterocycles. The minimum absolute atomic E-state index is 0.0151. The van der Waals surface area contributed by atoms with Crippen molar-refractivity contribution in [1.29, 1.82) is 0 Å². The van der Waals surface area contributed by atoms with Crippen LogP contribution in [-0.2, 0) is 6.42 Å². The van der Waals surface area contributed by atoms with E-state index in [1.165, 1.54) is 18.1 Å². The lowest BCUT2D eigenvalue weighted by molar-refractivity contribution is -0.385. The zero-order valence-corrected chi connectivity index (χ0v) is 14.8. The number of unbranched alkanes of at least 4 members (excludes halogenated alkanes) is 1. The second kappa shape index (κ2) is 8.03. The third-order valence-corrected chi connectivity index (χ3v) is 4.82. The Morgan fingerprint density at radius 2 is 1.80 bits per heavy atom. The zero-order valence-electron chi connectivity index (χ0n) is 14.0. The van der Waals surface area contributed by atoms with Crippen LogP contribution in [0.3, 0.4) is 0 Å². The molecule has 3 aromatic carbocycles. The SMILES string of the molecule is CCCCc1cccc([N+](=O)[O-])c1OSc1cccc2ccccc12. The van der Waals surface area contributed by atoms with Gasteiger partial charge in [0.25, 0.3) is 0 Å². The average Bonchev–Trinajstić information content (AvgIpc) is 2.64. The van der Waals surface area contributed by atoms with Crippen molar-refractivity contribution in [2.75, 3.05) is 0 Å². The van der Waals surface area contributed by atoms with E-state index >= 15 is 0 Å². The molecule has 0 saturated heterocycles. The Labute approximate surface area is 151 Å². The maximum absolute atomic E-state index is 11.4. The van der Waals surface area contributed by atoms with E-state index in [2.05, 4.69) is 6.92 Å². The summed E-state index contributed by atoms with van der Waals surface area (Å²) in [4.78, 5) is 11.9. The maximum atomic E-state index is 11.4. The topological polar surface area (TPSA) is 52.4 Å². The van der Waals surface area contributed by atoms with Gasteiger partial charge >= 0.3 is 5.69 Å². The molecule has 4 nitrogen and oxygen atoms in total. The molecule has 0 saturated carbocycles. The first kappa shape index (κ1) is 17.3. The van der Waals surface area contributed by atoms with Crippen molar-refractivity contribution in [3.63, 3.8) is 0 Å². The highest BCUT2D eigenvalue weighted by Gasteiger charge is 2.20. The molecule has 0 unspecified atom stereocenters. The van der Waals surface area contributed by atoms with Gasteiger partial charge in [0.05, 0.1) is 21.9 Å². The molecule has 0 amide bonds. The third kappa shape index (κ3) is 3.94. The molecular formula is C20H19NO3S. The van der Waals surface area contributed by atoms with Crippen LogP contribution in [0.5, 0.6) is 5.75 Å². The molecule has 0 bridgehead atoms. The van der Waals surface area contributed by atoms with E-state index in [0.29, 0.717) is 5.75 Å². The smallest absolute Gasteiger partial charge is 0.312 e. The molecule has 0 aliphatic rings. The van der Waals surface area contributed by atoms with Crippen molar-refractivity contribution in [3.8, 4) is 5.75 Å². The van der Waals surface area contributed by atoms with Crippen molar-refractivity contribution >= 4 is 28.5 Å². The molecule has 0 aromatic heterocycles. The summed E-state index contributed by atoms with van der Waals surface area (Å²) in [6.07, 6.45) is 2.76. The Morgan fingerprint density at radius 1 is 1.04 bits per heavy atom. The van der Waals surface area contributed by atoms with E-state index in [1.807, 2.05) is 48.5 Å². The van der Waals surface area contributed by atoms with E-state index in [0.717, 1.165) is 40.5 Å². The Hall–Kier alpha value is -2.53. The number of hydrogen-bond donors (Lipinski definition) is 0. The van der Waals surface area contributed by atoms with Gasteiger partial charge in [0.15, 0.2) is 0 Å². The van der Waals surface area contributed by atoms with E-state index in [1.54, 1.807) is 6.07 Å². The first-order valence-electron chi connectivity index (χ1n) is 8.29. The molecule has 0 spiro atoms. The van der Waals surface area contributed by atoms with Crippen LogP contribution in [0.4, 0.5) is 5.69 Å². The Bertz CT molecular complexity index is 890. The predicted molar refractivity (Wildman–Crippen MR) is 102 cm³/mol. The summed E-state index contributed by atoms with van der Waals surface area (Å²) in [5.41, 5.74) is 0.894. The van der Waals surface area contributed by atoms with E-state index in [4.69, 9.17) is 4.18 Å². The lowest BCUT2D eigenvalue weighted by Gasteiger charge is -2.11. The standard InChI is InChI=1S/C20H19NO3S/c1-2-3-8-16-11-6-13-18(21(22)23)20(16)24-25-19-14-7-10-15-9-4-5-12-17(15)19/h4-7,9-14H,2-3,8H2,1H3. The van der Waals surface area contributed by atoms with Crippen molar-refractivity contribution < 1.29 is 9.11 Å². The highest BCUT2D eigenvalue weighted by Crippen LogP contribution is 2.37. The van der Waals surface area contributed by atoms with Crippen LogP contribution < -0.4 is 4.18 Å². The quantitative estimate of drug-likeness (QED) is 0.289.